The normalized spacial score (nSPS) is 23.0. The summed E-state index contributed by atoms with van der Waals surface area (Å²) in [4.78, 5) is 0.0466. The summed E-state index contributed by atoms with van der Waals surface area (Å²) in [6.45, 7) is 0. The minimum Gasteiger partial charge on any atom is -0.390 e. The lowest BCUT2D eigenvalue weighted by Gasteiger charge is -2.31. The van der Waals surface area contributed by atoms with E-state index >= 15 is 0 Å². The van der Waals surface area contributed by atoms with Gasteiger partial charge in [0.15, 0.2) is 9.84 Å². The fourth-order valence-corrected chi connectivity index (χ4v) is 6.39. The number of sulfonamides is 1. The Hall–Kier alpha value is -1.90. The largest absolute Gasteiger partial charge is 0.390 e. The number of para-hydroxylation sites is 1. The molecule has 2 aromatic carbocycles. The molecule has 0 unspecified atom stereocenters. The molecule has 1 aliphatic heterocycles. The molecule has 0 spiro atoms. The first-order valence-electron chi connectivity index (χ1n) is 7.34. The number of hydrogen-bond acceptors (Lipinski definition) is 5. The van der Waals surface area contributed by atoms with Crippen LogP contribution in [0.4, 0.5) is 5.69 Å². The van der Waals surface area contributed by atoms with Gasteiger partial charge in [-0.05, 0) is 24.3 Å². The highest BCUT2D eigenvalue weighted by molar-refractivity contribution is 7.93. The molecule has 1 heterocycles. The molecule has 128 valence electrons. The third-order valence-corrected chi connectivity index (χ3v) is 7.47. The van der Waals surface area contributed by atoms with Gasteiger partial charge in [0, 0.05) is 0 Å². The highest BCUT2D eigenvalue weighted by atomic mass is 32.2. The fourth-order valence-electron chi connectivity index (χ4n) is 2.82. The van der Waals surface area contributed by atoms with Crippen LogP contribution in [-0.2, 0) is 19.9 Å². The van der Waals surface area contributed by atoms with Crippen molar-refractivity contribution in [3.8, 4) is 0 Å². The van der Waals surface area contributed by atoms with E-state index in [0.29, 0.717) is 5.69 Å². The molecule has 24 heavy (non-hydrogen) atoms. The molecule has 0 saturated carbocycles. The van der Waals surface area contributed by atoms with E-state index in [1.807, 2.05) is 0 Å². The molecule has 0 radical (unpaired) electrons. The van der Waals surface area contributed by atoms with Crippen LogP contribution in [0.5, 0.6) is 0 Å². The second kappa shape index (κ2) is 6.19. The second-order valence-electron chi connectivity index (χ2n) is 5.66. The fraction of sp³-hybridized carbons (Fsp3) is 0.250. The summed E-state index contributed by atoms with van der Waals surface area (Å²) in [6, 6.07) is 15.0. The van der Waals surface area contributed by atoms with Gasteiger partial charge >= 0.3 is 0 Å². The number of anilines is 1. The van der Waals surface area contributed by atoms with Crippen LogP contribution in [0, 0.1) is 0 Å². The van der Waals surface area contributed by atoms with Crippen molar-refractivity contribution in [2.24, 2.45) is 0 Å². The van der Waals surface area contributed by atoms with E-state index in [2.05, 4.69) is 0 Å². The van der Waals surface area contributed by atoms with E-state index in [0.717, 1.165) is 4.31 Å². The summed E-state index contributed by atoms with van der Waals surface area (Å²) >= 11 is 0. The summed E-state index contributed by atoms with van der Waals surface area (Å²) in [5, 5.41) is 10.2. The first-order chi connectivity index (χ1) is 11.3. The van der Waals surface area contributed by atoms with Crippen LogP contribution >= 0.6 is 0 Å². The van der Waals surface area contributed by atoms with E-state index in [-0.39, 0.29) is 4.90 Å². The van der Waals surface area contributed by atoms with Gasteiger partial charge < -0.3 is 5.11 Å². The van der Waals surface area contributed by atoms with Gasteiger partial charge in [0.2, 0.25) is 0 Å². The maximum Gasteiger partial charge on any atom is 0.264 e. The van der Waals surface area contributed by atoms with Gasteiger partial charge in [-0.2, -0.15) is 0 Å². The molecule has 6 nitrogen and oxygen atoms in total. The Kier molecular flexibility index (Phi) is 4.37. The maximum atomic E-state index is 13.1. The Morgan fingerprint density at radius 1 is 0.917 bits per heavy atom. The summed E-state index contributed by atoms with van der Waals surface area (Å²) in [6.07, 6.45) is -1.27. The molecular formula is C16H17NO5S2. The third-order valence-electron chi connectivity index (χ3n) is 3.91. The van der Waals surface area contributed by atoms with Crippen LogP contribution in [0.2, 0.25) is 0 Å². The Balaban J connectivity index is 2.14. The SMILES string of the molecule is O=S1(=O)C[C@H](O)[C@@H](N(c2ccccc2)S(=O)(=O)c2ccccc2)C1. The third kappa shape index (κ3) is 3.17. The van der Waals surface area contributed by atoms with Crippen LogP contribution in [-0.4, -0.2) is 45.6 Å². The van der Waals surface area contributed by atoms with Crippen LogP contribution < -0.4 is 4.31 Å². The molecule has 2 aromatic rings. The summed E-state index contributed by atoms with van der Waals surface area (Å²) < 4.78 is 51.0. The van der Waals surface area contributed by atoms with Gasteiger partial charge in [0.1, 0.15) is 0 Å². The highest BCUT2D eigenvalue weighted by Crippen LogP contribution is 2.30. The average Bonchev–Trinajstić information content (AvgIpc) is 2.82. The minimum atomic E-state index is -4.01. The number of benzene rings is 2. The van der Waals surface area contributed by atoms with Gasteiger partial charge in [-0.1, -0.05) is 36.4 Å². The van der Waals surface area contributed by atoms with Crippen LogP contribution in [0.3, 0.4) is 0 Å². The first kappa shape index (κ1) is 16.9. The molecule has 3 rings (SSSR count). The van der Waals surface area contributed by atoms with Crippen molar-refractivity contribution in [3.63, 3.8) is 0 Å². The second-order valence-corrected chi connectivity index (χ2v) is 9.63. The Morgan fingerprint density at radius 2 is 1.46 bits per heavy atom. The van der Waals surface area contributed by atoms with E-state index in [9.17, 15) is 21.9 Å². The molecule has 0 bridgehead atoms. The van der Waals surface area contributed by atoms with Crippen molar-refractivity contribution in [1.82, 2.24) is 0 Å². The average molecular weight is 367 g/mol. The Bertz CT molecular complexity index is 911. The first-order valence-corrected chi connectivity index (χ1v) is 10.6. The lowest BCUT2D eigenvalue weighted by atomic mass is 10.2. The standard InChI is InChI=1S/C16H17NO5S2/c18-16-12-23(19,20)11-15(16)17(13-7-3-1-4-8-13)24(21,22)14-9-5-2-6-10-14/h1-10,15-16,18H,11-12H2/t15-,16-/m0/s1. The lowest BCUT2D eigenvalue weighted by molar-refractivity contribution is 0.184. The van der Waals surface area contributed by atoms with Crippen LogP contribution in [0.15, 0.2) is 65.6 Å². The number of rotatable bonds is 4. The van der Waals surface area contributed by atoms with Crippen LogP contribution in [0.1, 0.15) is 0 Å². The topological polar surface area (TPSA) is 91.8 Å². The van der Waals surface area contributed by atoms with Gasteiger partial charge in [-0.15, -0.1) is 0 Å². The number of hydrogen-bond donors (Lipinski definition) is 1. The molecule has 1 aliphatic rings. The van der Waals surface area contributed by atoms with Crippen molar-refractivity contribution in [3.05, 3.63) is 60.7 Å². The molecule has 1 saturated heterocycles. The monoisotopic (exact) mass is 367 g/mol. The lowest BCUT2D eigenvalue weighted by Crippen LogP contribution is -2.46. The predicted octanol–water partition coefficient (Wildman–Crippen LogP) is 1.04. The molecule has 1 fully saturated rings. The van der Waals surface area contributed by atoms with Crippen molar-refractivity contribution >= 4 is 25.5 Å². The zero-order valence-electron chi connectivity index (χ0n) is 12.7. The quantitative estimate of drug-likeness (QED) is 0.872. The summed E-state index contributed by atoms with van der Waals surface area (Å²) in [5.74, 6) is -0.847. The van der Waals surface area contributed by atoms with Crippen molar-refractivity contribution in [2.45, 2.75) is 17.0 Å². The Morgan fingerprint density at radius 3 is 1.96 bits per heavy atom. The van der Waals surface area contributed by atoms with Gasteiger partial charge in [-0.25, -0.2) is 16.8 Å². The van der Waals surface area contributed by atoms with Gasteiger partial charge in [-0.3, -0.25) is 4.31 Å². The molecule has 0 amide bonds. The number of sulfone groups is 1. The van der Waals surface area contributed by atoms with E-state index in [1.165, 1.54) is 12.1 Å². The zero-order valence-corrected chi connectivity index (χ0v) is 14.3. The van der Waals surface area contributed by atoms with E-state index in [4.69, 9.17) is 0 Å². The van der Waals surface area contributed by atoms with Crippen LogP contribution in [0.25, 0.3) is 0 Å². The molecular weight excluding hydrogens is 350 g/mol. The van der Waals surface area contributed by atoms with E-state index < -0.39 is 43.5 Å². The smallest absolute Gasteiger partial charge is 0.264 e. The predicted molar refractivity (Wildman–Crippen MR) is 91.0 cm³/mol. The highest BCUT2D eigenvalue weighted by Gasteiger charge is 2.44. The molecule has 8 heteroatoms. The van der Waals surface area contributed by atoms with Crippen molar-refractivity contribution in [2.75, 3.05) is 15.8 Å². The zero-order chi connectivity index (χ0) is 17.4. The van der Waals surface area contributed by atoms with Gasteiger partial charge in [0.25, 0.3) is 10.0 Å². The van der Waals surface area contributed by atoms with E-state index in [1.54, 1.807) is 48.5 Å². The Labute approximate surface area is 141 Å². The summed E-state index contributed by atoms with van der Waals surface area (Å²) in [7, 11) is -7.51. The summed E-state index contributed by atoms with van der Waals surface area (Å²) in [5.41, 5.74) is 0.322. The maximum absolute atomic E-state index is 13.1. The molecule has 0 aromatic heterocycles. The molecule has 0 aliphatic carbocycles. The number of nitrogens with zero attached hydrogens (tertiary/aromatic N) is 1. The van der Waals surface area contributed by atoms with Crippen molar-refractivity contribution < 1.29 is 21.9 Å². The minimum absolute atomic E-state index is 0.0466. The molecule has 1 N–H and O–H groups in total. The van der Waals surface area contributed by atoms with Gasteiger partial charge in [0.05, 0.1) is 34.2 Å². The number of aliphatic hydroxyl groups excluding tert-OH is 1. The van der Waals surface area contributed by atoms with Crippen molar-refractivity contribution in [1.29, 1.82) is 0 Å². The molecule has 2 atom stereocenters. The number of aliphatic hydroxyl groups is 1.